The maximum atomic E-state index is 13.5. The molecule has 2 N–H and O–H groups in total. The Kier molecular flexibility index (Phi) is 2.27. The number of aryl methyl sites for hydroxylation is 1. The fourth-order valence-corrected chi connectivity index (χ4v) is 2.01. The van der Waals surface area contributed by atoms with Crippen LogP contribution in [0, 0.1) is 5.82 Å². The highest BCUT2D eigenvalue weighted by molar-refractivity contribution is 6.31. The molecule has 0 amide bonds. The van der Waals surface area contributed by atoms with Gasteiger partial charge in [-0.25, -0.2) is 9.37 Å². The van der Waals surface area contributed by atoms with E-state index >= 15 is 0 Å². The molecule has 2 aromatic heterocycles. The number of fused-ring (bicyclic) bond motifs is 1. The number of nitrogens with two attached hydrogens (primary N) is 1. The summed E-state index contributed by atoms with van der Waals surface area (Å²) in [6, 6.07) is 4.52. The minimum atomic E-state index is -0.513. The van der Waals surface area contributed by atoms with Gasteiger partial charge in [-0.3, -0.25) is 9.25 Å². The quantitative estimate of drug-likeness (QED) is 0.733. The van der Waals surface area contributed by atoms with E-state index in [-0.39, 0.29) is 11.0 Å². The van der Waals surface area contributed by atoms with Crippen LogP contribution in [0.3, 0.4) is 0 Å². The van der Waals surface area contributed by atoms with Crippen LogP contribution < -0.4 is 5.73 Å². The highest BCUT2D eigenvalue weighted by Crippen LogP contribution is 2.26. The number of nitrogens with zero attached hydrogens (tertiary/aromatic N) is 4. The number of hydrogen-bond acceptors (Lipinski definition) is 3. The van der Waals surface area contributed by atoms with E-state index in [1.165, 1.54) is 12.1 Å². The largest absolute Gasteiger partial charge is 0.369 e. The van der Waals surface area contributed by atoms with Gasteiger partial charge in [0.05, 0.1) is 16.1 Å². The molecule has 5 nitrogen and oxygen atoms in total. The third-order valence-electron chi connectivity index (χ3n) is 2.65. The van der Waals surface area contributed by atoms with Crippen LogP contribution in [0.15, 0.2) is 24.4 Å². The minimum absolute atomic E-state index is 0.0215. The molecule has 0 spiro atoms. The van der Waals surface area contributed by atoms with Gasteiger partial charge in [0.1, 0.15) is 5.82 Å². The molecule has 92 valence electrons. The van der Waals surface area contributed by atoms with Gasteiger partial charge in [0, 0.05) is 25.4 Å². The summed E-state index contributed by atoms with van der Waals surface area (Å²) in [5.74, 6) is 0.311. The van der Waals surface area contributed by atoms with Crippen molar-refractivity contribution in [2.24, 2.45) is 7.05 Å². The Balaban J connectivity index is 2.35. The van der Waals surface area contributed by atoms with Crippen LogP contribution in [0.4, 0.5) is 10.3 Å². The van der Waals surface area contributed by atoms with E-state index < -0.39 is 5.82 Å². The van der Waals surface area contributed by atoms with Crippen LogP contribution in [0.25, 0.3) is 16.9 Å². The Morgan fingerprint density at radius 2 is 2.17 bits per heavy atom. The predicted molar refractivity (Wildman–Crippen MR) is 67.2 cm³/mol. The van der Waals surface area contributed by atoms with E-state index in [2.05, 4.69) is 10.1 Å². The second-order valence-electron chi connectivity index (χ2n) is 3.91. The summed E-state index contributed by atoms with van der Waals surface area (Å²) < 4.78 is 16.7. The number of hydrogen-bond donors (Lipinski definition) is 1. The number of imidazole rings is 1. The molecule has 3 rings (SSSR count). The summed E-state index contributed by atoms with van der Waals surface area (Å²) in [4.78, 5) is 4.14. The Morgan fingerprint density at radius 1 is 1.39 bits per heavy atom. The van der Waals surface area contributed by atoms with Gasteiger partial charge in [0.15, 0.2) is 5.82 Å². The van der Waals surface area contributed by atoms with Gasteiger partial charge in [-0.1, -0.05) is 11.6 Å². The average molecular weight is 266 g/mol. The molecule has 0 unspecified atom stereocenters. The second kappa shape index (κ2) is 3.71. The van der Waals surface area contributed by atoms with Crippen LogP contribution in [0.2, 0.25) is 5.02 Å². The first-order valence-corrected chi connectivity index (χ1v) is 5.57. The highest BCUT2D eigenvalue weighted by Gasteiger charge is 2.14. The Morgan fingerprint density at radius 3 is 2.83 bits per heavy atom. The van der Waals surface area contributed by atoms with Gasteiger partial charge in [-0.05, 0) is 6.07 Å². The number of rotatable bonds is 1. The topological polar surface area (TPSA) is 61.7 Å². The third-order valence-corrected chi connectivity index (χ3v) is 2.94. The molecule has 2 heterocycles. The van der Waals surface area contributed by atoms with Crippen molar-refractivity contribution < 1.29 is 4.39 Å². The van der Waals surface area contributed by atoms with Crippen LogP contribution in [0.5, 0.6) is 0 Å². The molecule has 18 heavy (non-hydrogen) atoms. The van der Waals surface area contributed by atoms with Gasteiger partial charge >= 0.3 is 0 Å². The molecule has 0 aliphatic carbocycles. The molecule has 0 atom stereocenters. The van der Waals surface area contributed by atoms with Crippen molar-refractivity contribution in [1.82, 2.24) is 19.3 Å². The summed E-state index contributed by atoms with van der Waals surface area (Å²) in [6.45, 7) is 0. The van der Waals surface area contributed by atoms with Crippen LogP contribution >= 0.6 is 11.6 Å². The zero-order valence-corrected chi connectivity index (χ0v) is 10.2. The standard InChI is InChI=1S/C11H9ClFN5/c1-17-3-2-10(16-17)18-9-5-7(13)6(12)4-8(9)15-11(18)14/h2-5H,1H3,(H2,14,15). The maximum Gasteiger partial charge on any atom is 0.207 e. The summed E-state index contributed by atoms with van der Waals surface area (Å²) in [5.41, 5.74) is 6.90. The lowest BCUT2D eigenvalue weighted by atomic mass is 10.3. The van der Waals surface area contributed by atoms with Crippen molar-refractivity contribution in [3.63, 3.8) is 0 Å². The Bertz CT molecular complexity index is 745. The molecular weight excluding hydrogens is 257 g/mol. The van der Waals surface area contributed by atoms with Gasteiger partial charge < -0.3 is 5.73 Å². The molecule has 0 fully saturated rings. The average Bonchev–Trinajstić information content (AvgIpc) is 2.83. The maximum absolute atomic E-state index is 13.5. The molecule has 0 radical (unpaired) electrons. The first-order chi connectivity index (χ1) is 8.56. The van der Waals surface area contributed by atoms with Gasteiger partial charge in [-0.15, -0.1) is 0 Å². The van der Waals surface area contributed by atoms with Gasteiger partial charge in [0.25, 0.3) is 0 Å². The number of halogens is 2. The molecule has 3 aromatic rings. The molecule has 1 aromatic carbocycles. The molecule has 7 heteroatoms. The second-order valence-corrected chi connectivity index (χ2v) is 4.32. The minimum Gasteiger partial charge on any atom is -0.369 e. The lowest BCUT2D eigenvalue weighted by Gasteiger charge is -2.02. The van der Waals surface area contributed by atoms with Crippen LogP contribution in [-0.2, 0) is 7.05 Å². The molecule has 0 bridgehead atoms. The Hall–Kier alpha value is -2.08. The summed E-state index contributed by atoms with van der Waals surface area (Å²) in [7, 11) is 1.79. The van der Waals surface area contributed by atoms with E-state index in [4.69, 9.17) is 17.3 Å². The van der Waals surface area contributed by atoms with Crippen molar-refractivity contribution in [1.29, 1.82) is 0 Å². The fourth-order valence-electron chi connectivity index (χ4n) is 1.85. The number of aromatic nitrogens is 4. The van der Waals surface area contributed by atoms with Crippen LogP contribution in [-0.4, -0.2) is 19.3 Å². The monoisotopic (exact) mass is 265 g/mol. The van der Waals surface area contributed by atoms with E-state index in [1.807, 2.05) is 0 Å². The predicted octanol–water partition coefficient (Wildman–Crippen LogP) is 2.13. The number of benzene rings is 1. The fraction of sp³-hybridized carbons (Fsp3) is 0.0909. The van der Waals surface area contributed by atoms with E-state index in [1.54, 1.807) is 28.6 Å². The summed E-state index contributed by atoms with van der Waals surface area (Å²) in [6.07, 6.45) is 1.77. The zero-order chi connectivity index (χ0) is 12.9. The first kappa shape index (κ1) is 11.0. The van der Waals surface area contributed by atoms with Gasteiger partial charge in [-0.2, -0.15) is 5.10 Å². The molecule has 0 aliphatic rings. The Labute approximate surface area is 107 Å². The van der Waals surface area contributed by atoms with Crippen molar-refractivity contribution >= 4 is 28.6 Å². The van der Waals surface area contributed by atoms with Crippen LogP contribution in [0.1, 0.15) is 0 Å². The molecule has 0 saturated carbocycles. The van der Waals surface area contributed by atoms with E-state index in [9.17, 15) is 4.39 Å². The molecular formula is C11H9ClFN5. The highest BCUT2D eigenvalue weighted by atomic mass is 35.5. The van der Waals surface area contributed by atoms with Crippen molar-refractivity contribution in [2.45, 2.75) is 0 Å². The van der Waals surface area contributed by atoms with E-state index in [0.29, 0.717) is 16.9 Å². The van der Waals surface area contributed by atoms with Gasteiger partial charge in [0.2, 0.25) is 5.95 Å². The van der Waals surface area contributed by atoms with Crippen molar-refractivity contribution in [2.75, 3.05) is 5.73 Å². The summed E-state index contributed by atoms with van der Waals surface area (Å²) in [5, 5.41) is 4.24. The molecule has 0 aliphatic heterocycles. The third kappa shape index (κ3) is 1.53. The lowest BCUT2D eigenvalue weighted by molar-refractivity contribution is 0.629. The van der Waals surface area contributed by atoms with E-state index in [0.717, 1.165) is 0 Å². The molecule has 0 saturated heterocycles. The number of anilines is 1. The normalized spacial score (nSPS) is 11.3. The summed E-state index contributed by atoms with van der Waals surface area (Å²) >= 11 is 5.71. The zero-order valence-electron chi connectivity index (χ0n) is 9.43. The van der Waals surface area contributed by atoms with Crippen molar-refractivity contribution in [3.8, 4) is 5.82 Å². The smallest absolute Gasteiger partial charge is 0.207 e. The SMILES string of the molecule is Cn1ccc(-n2c(N)nc3cc(Cl)c(F)cc32)n1. The first-order valence-electron chi connectivity index (χ1n) is 5.19. The number of nitrogen functional groups attached to an aromatic ring is 1. The lowest BCUT2D eigenvalue weighted by Crippen LogP contribution is -2.02. The van der Waals surface area contributed by atoms with Crippen molar-refractivity contribution in [3.05, 3.63) is 35.2 Å².